The number of benzene rings is 2. The zero-order chi connectivity index (χ0) is 17.2. The van der Waals surface area contributed by atoms with Crippen LogP contribution in [-0.4, -0.2) is 48.8 Å². The molecule has 0 bridgehead atoms. The number of aliphatic hydroxyl groups is 1. The van der Waals surface area contributed by atoms with Gasteiger partial charge in [0, 0.05) is 12.2 Å². The Morgan fingerprint density at radius 2 is 1.75 bits per heavy atom. The summed E-state index contributed by atoms with van der Waals surface area (Å²) in [5.41, 5.74) is 1.84. The highest BCUT2D eigenvalue weighted by molar-refractivity contribution is 5.92. The van der Waals surface area contributed by atoms with Crippen LogP contribution in [0.5, 0.6) is 0 Å². The Morgan fingerprint density at radius 3 is 2.42 bits per heavy atom. The number of aliphatic hydroxyl groups excluding tert-OH is 1. The molecule has 2 aromatic carbocycles. The molecule has 2 aromatic rings. The van der Waals surface area contributed by atoms with Crippen LogP contribution in [0.2, 0.25) is 0 Å². The molecular formula is C19H24N2O3. The summed E-state index contributed by atoms with van der Waals surface area (Å²) in [5.74, 6) is -0.110. The van der Waals surface area contributed by atoms with E-state index in [1.807, 2.05) is 60.7 Å². The third kappa shape index (κ3) is 6.91. The predicted molar refractivity (Wildman–Crippen MR) is 94.7 cm³/mol. The maximum absolute atomic E-state index is 11.9. The first-order chi connectivity index (χ1) is 11.6. The Balaban J connectivity index is 1.64. The SMILES string of the molecule is CN(CC(=O)Nc1ccccc1)CC(O)COCc1ccccc1. The largest absolute Gasteiger partial charge is 0.389 e. The van der Waals surface area contributed by atoms with E-state index in [4.69, 9.17) is 4.74 Å². The number of rotatable bonds is 9. The number of nitrogens with zero attached hydrogens (tertiary/aromatic N) is 1. The van der Waals surface area contributed by atoms with E-state index in [1.54, 1.807) is 11.9 Å². The molecule has 0 radical (unpaired) electrons. The maximum Gasteiger partial charge on any atom is 0.238 e. The van der Waals surface area contributed by atoms with Crippen LogP contribution in [0, 0.1) is 0 Å². The van der Waals surface area contributed by atoms with E-state index in [9.17, 15) is 9.90 Å². The van der Waals surface area contributed by atoms with Crippen LogP contribution in [0.25, 0.3) is 0 Å². The summed E-state index contributed by atoms with van der Waals surface area (Å²) in [5, 5.41) is 12.8. The van der Waals surface area contributed by atoms with Crippen molar-refractivity contribution in [1.29, 1.82) is 0 Å². The van der Waals surface area contributed by atoms with Gasteiger partial charge in [-0.25, -0.2) is 0 Å². The zero-order valence-corrected chi connectivity index (χ0v) is 13.9. The van der Waals surface area contributed by atoms with E-state index in [0.29, 0.717) is 13.2 Å². The van der Waals surface area contributed by atoms with Crippen LogP contribution >= 0.6 is 0 Å². The third-order valence-electron chi connectivity index (χ3n) is 3.42. The topological polar surface area (TPSA) is 61.8 Å². The van der Waals surface area contributed by atoms with Crippen molar-refractivity contribution < 1.29 is 14.6 Å². The molecule has 0 saturated carbocycles. The summed E-state index contributed by atoms with van der Waals surface area (Å²) in [6.45, 7) is 1.29. The smallest absolute Gasteiger partial charge is 0.238 e. The second kappa shape index (κ2) is 9.82. The number of hydrogen-bond donors (Lipinski definition) is 2. The number of carbonyl (C=O) groups excluding carboxylic acids is 1. The first kappa shape index (κ1) is 18.1. The van der Waals surface area contributed by atoms with Crippen LogP contribution in [0.4, 0.5) is 5.69 Å². The fourth-order valence-electron chi connectivity index (χ4n) is 2.33. The summed E-state index contributed by atoms with van der Waals surface area (Å²) >= 11 is 0. The van der Waals surface area contributed by atoms with Gasteiger partial charge in [-0.15, -0.1) is 0 Å². The molecule has 0 aliphatic heterocycles. The minimum atomic E-state index is -0.636. The standard InChI is InChI=1S/C19H24N2O3/c1-21(13-19(23)20-17-10-6-3-7-11-17)12-18(22)15-24-14-16-8-4-2-5-9-16/h2-11,18,22H,12-15H2,1H3,(H,20,23). The van der Waals surface area contributed by atoms with Crippen molar-refractivity contribution in [1.82, 2.24) is 4.90 Å². The molecule has 0 aliphatic rings. The molecule has 5 nitrogen and oxygen atoms in total. The van der Waals surface area contributed by atoms with Crippen molar-refractivity contribution >= 4 is 11.6 Å². The normalized spacial score (nSPS) is 12.1. The van der Waals surface area contributed by atoms with Crippen molar-refractivity contribution in [2.24, 2.45) is 0 Å². The Morgan fingerprint density at radius 1 is 1.12 bits per heavy atom. The quantitative estimate of drug-likeness (QED) is 0.740. The third-order valence-corrected chi connectivity index (χ3v) is 3.42. The van der Waals surface area contributed by atoms with E-state index >= 15 is 0 Å². The van der Waals surface area contributed by atoms with Gasteiger partial charge in [-0.05, 0) is 24.7 Å². The summed E-state index contributed by atoms with van der Waals surface area (Å²) in [4.78, 5) is 13.7. The van der Waals surface area contributed by atoms with Gasteiger partial charge in [0.05, 0.1) is 25.9 Å². The van der Waals surface area contributed by atoms with Gasteiger partial charge in [0.25, 0.3) is 0 Å². The van der Waals surface area contributed by atoms with Gasteiger partial charge in [-0.1, -0.05) is 48.5 Å². The van der Waals surface area contributed by atoms with Crippen molar-refractivity contribution in [2.75, 3.05) is 32.1 Å². The fourth-order valence-corrected chi connectivity index (χ4v) is 2.33. The van der Waals surface area contributed by atoms with E-state index in [0.717, 1.165) is 11.3 Å². The number of amides is 1. The number of likely N-dealkylation sites (N-methyl/N-ethyl adjacent to an activating group) is 1. The zero-order valence-electron chi connectivity index (χ0n) is 13.9. The van der Waals surface area contributed by atoms with E-state index in [-0.39, 0.29) is 19.1 Å². The van der Waals surface area contributed by atoms with E-state index in [1.165, 1.54) is 0 Å². The summed E-state index contributed by atoms with van der Waals surface area (Å²) in [6, 6.07) is 19.1. The molecule has 0 spiro atoms. The second-order valence-electron chi connectivity index (χ2n) is 5.77. The molecular weight excluding hydrogens is 304 g/mol. The summed E-state index contributed by atoms with van der Waals surface area (Å²) in [6.07, 6.45) is -0.636. The van der Waals surface area contributed by atoms with Crippen molar-refractivity contribution in [2.45, 2.75) is 12.7 Å². The lowest BCUT2D eigenvalue weighted by Gasteiger charge is -2.20. The average molecular weight is 328 g/mol. The average Bonchev–Trinajstić information content (AvgIpc) is 2.56. The van der Waals surface area contributed by atoms with Crippen molar-refractivity contribution in [3.63, 3.8) is 0 Å². The van der Waals surface area contributed by atoms with Gasteiger partial charge < -0.3 is 15.2 Å². The first-order valence-corrected chi connectivity index (χ1v) is 7.96. The molecule has 2 rings (SSSR count). The number of anilines is 1. The first-order valence-electron chi connectivity index (χ1n) is 7.96. The number of nitrogens with one attached hydrogen (secondary N) is 1. The number of hydrogen-bond acceptors (Lipinski definition) is 4. The van der Waals surface area contributed by atoms with Crippen LogP contribution in [0.3, 0.4) is 0 Å². The molecule has 0 heterocycles. The summed E-state index contributed by atoms with van der Waals surface area (Å²) < 4.78 is 5.51. The Hall–Kier alpha value is -2.21. The Bertz CT molecular complexity index is 605. The molecule has 1 unspecified atom stereocenters. The van der Waals surface area contributed by atoms with Crippen LogP contribution in [-0.2, 0) is 16.1 Å². The molecule has 0 aliphatic carbocycles. The lowest BCUT2D eigenvalue weighted by molar-refractivity contribution is -0.117. The van der Waals surface area contributed by atoms with Crippen molar-refractivity contribution in [3.05, 3.63) is 66.2 Å². The monoisotopic (exact) mass is 328 g/mol. The minimum Gasteiger partial charge on any atom is -0.389 e. The van der Waals surface area contributed by atoms with Gasteiger partial charge in [-0.3, -0.25) is 9.69 Å². The Kier molecular flexibility index (Phi) is 7.42. The van der Waals surface area contributed by atoms with Crippen molar-refractivity contribution in [3.8, 4) is 0 Å². The van der Waals surface area contributed by atoms with Gasteiger partial charge in [-0.2, -0.15) is 0 Å². The second-order valence-corrected chi connectivity index (χ2v) is 5.77. The fraction of sp³-hybridized carbons (Fsp3) is 0.316. The molecule has 1 atom stereocenters. The van der Waals surface area contributed by atoms with Gasteiger partial charge in [0.15, 0.2) is 0 Å². The number of ether oxygens (including phenoxy) is 1. The summed E-state index contributed by atoms with van der Waals surface area (Å²) in [7, 11) is 1.80. The lowest BCUT2D eigenvalue weighted by Crippen LogP contribution is -2.37. The molecule has 1 amide bonds. The van der Waals surface area contributed by atoms with E-state index in [2.05, 4.69) is 5.32 Å². The van der Waals surface area contributed by atoms with Gasteiger partial charge >= 0.3 is 0 Å². The molecule has 0 aromatic heterocycles. The van der Waals surface area contributed by atoms with Gasteiger partial charge in [0.2, 0.25) is 5.91 Å². The van der Waals surface area contributed by atoms with Crippen LogP contribution in [0.1, 0.15) is 5.56 Å². The molecule has 2 N–H and O–H groups in total. The lowest BCUT2D eigenvalue weighted by atomic mass is 10.2. The van der Waals surface area contributed by atoms with Gasteiger partial charge in [0.1, 0.15) is 0 Å². The number of para-hydroxylation sites is 1. The minimum absolute atomic E-state index is 0.110. The predicted octanol–water partition coefficient (Wildman–Crippen LogP) is 2.13. The highest BCUT2D eigenvalue weighted by Gasteiger charge is 2.12. The van der Waals surface area contributed by atoms with Crippen LogP contribution in [0.15, 0.2) is 60.7 Å². The van der Waals surface area contributed by atoms with Crippen LogP contribution < -0.4 is 5.32 Å². The molecule has 5 heteroatoms. The molecule has 0 saturated heterocycles. The highest BCUT2D eigenvalue weighted by atomic mass is 16.5. The maximum atomic E-state index is 11.9. The Labute approximate surface area is 142 Å². The number of carbonyl (C=O) groups is 1. The highest BCUT2D eigenvalue weighted by Crippen LogP contribution is 2.05. The van der Waals surface area contributed by atoms with E-state index < -0.39 is 6.10 Å². The molecule has 24 heavy (non-hydrogen) atoms. The molecule has 0 fully saturated rings. The molecule has 128 valence electrons.